The fourth-order valence-electron chi connectivity index (χ4n) is 2.32. The predicted octanol–water partition coefficient (Wildman–Crippen LogP) is 2.86. The first kappa shape index (κ1) is 13.7. The standard InChI is InChI=1S/C15H21NO3/c1-3-12-5-4-6-14(11-12)19-13-7-9-16(10-8-13)15(17)18-2/h4-6,11,13H,3,7-10H2,1-2H3. The second-order valence-electron chi connectivity index (χ2n) is 4.78. The van der Waals surface area contributed by atoms with E-state index in [-0.39, 0.29) is 12.2 Å². The molecule has 0 aliphatic carbocycles. The SMILES string of the molecule is CCc1cccc(OC2CCN(C(=O)OC)CC2)c1. The average molecular weight is 263 g/mol. The number of likely N-dealkylation sites (tertiary alicyclic amines) is 1. The van der Waals surface area contributed by atoms with Crippen LogP contribution in [0.15, 0.2) is 24.3 Å². The molecule has 4 heteroatoms. The molecule has 1 fully saturated rings. The van der Waals surface area contributed by atoms with E-state index in [0.29, 0.717) is 13.1 Å². The molecule has 1 aromatic carbocycles. The van der Waals surface area contributed by atoms with Gasteiger partial charge in [0.2, 0.25) is 0 Å². The van der Waals surface area contributed by atoms with Gasteiger partial charge in [-0.1, -0.05) is 19.1 Å². The maximum atomic E-state index is 11.4. The lowest BCUT2D eigenvalue weighted by atomic mass is 10.1. The summed E-state index contributed by atoms with van der Waals surface area (Å²) in [5.74, 6) is 0.927. The van der Waals surface area contributed by atoms with Crippen molar-refractivity contribution in [2.75, 3.05) is 20.2 Å². The van der Waals surface area contributed by atoms with E-state index in [2.05, 4.69) is 19.1 Å². The molecule has 0 saturated carbocycles. The largest absolute Gasteiger partial charge is 0.490 e. The van der Waals surface area contributed by atoms with Crippen molar-refractivity contribution in [3.8, 4) is 5.75 Å². The maximum absolute atomic E-state index is 11.4. The van der Waals surface area contributed by atoms with E-state index in [1.165, 1.54) is 12.7 Å². The Morgan fingerprint density at radius 1 is 1.37 bits per heavy atom. The number of piperidine rings is 1. The number of carbonyl (C=O) groups excluding carboxylic acids is 1. The summed E-state index contributed by atoms with van der Waals surface area (Å²) in [6, 6.07) is 8.21. The molecule has 0 atom stereocenters. The van der Waals surface area contributed by atoms with Crippen molar-refractivity contribution in [1.82, 2.24) is 4.90 Å². The Morgan fingerprint density at radius 2 is 2.11 bits per heavy atom. The van der Waals surface area contributed by atoms with Gasteiger partial charge in [0.05, 0.1) is 7.11 Å². The smallest absolute Gasteiger partial charge is 0.409 e. The third-order valence-corrected chi connectivity index (χ3v) is 3.48. The van der Waals surface area contributed by atoms with Gasteiger partial charge in [0.1, 0.15) is 11.9 Å². The molecule has 0 aromatic heterocycles. The van der Waals surface area contributed by atoms with Crippen LogP contribution in [-0.4, -0.2) is 37.3 Å². The number of rotatable bonds is 3. The number of nitrogens with zero attached hydrogens (tertiary/aromatic N) is 1. The Hall–Kier alpha value is -1.71. The number of ether oxygens (including phenoxy) is 2. The zero-order valence-corrected chi connectivity index (χ0v) is 11.6. The van der Waals surface area contributed by atoms with Gasteiger partial charge in [-0.15, -0.1) is 0 Å². The summed E-state index contributed by atoms with van der Waals surface area (Å²) in [6.45, 7) is 3.53. The summed E-state index contributed by atoms with van der Waals surface area (Å²) >= 11 is 0. The zero-order chi connectivity index (χ0) is 13.7. The van der Waals surface area contributed by atoms with Crippen molar-refractivity contribution in [2.24, 2.45) is 0 Å². The van der Waals surface area contributed by atoms with Gasteiger partial charge in [-0.05, 0) is 24.1 Å². The number of aryl methyl sites for hydroxylation is 1. The number of amides is 1. The topological polar surface area (TPSA) is 38.8 Å². The Morgan fingerprint density at radius 3 is 2.74 bits per heavy atom. The average Bonchev–Trinajstić information content (AvgIpc) is 2.47. The Kier molecular flexibility index (Phi) is 4.66. The highest BCUT2D eigenvalue weighted by atomic mass is 16.5. The summed E-state index contributed by atoms with van der Waals surface area (Å²) in [5.41, 5.74) is 1.28. The van der Waals surface area contributed by atoms with E-state index in [9.17, 15) is 4.79 Å². The van der Waals surface area contributed by atoms with Gasteiger partial charge in [-0.2, -0.15) is 0 Å². The van der Waals surface area contributed by atoms with Crippen LogP contribution >= 0.6 is 0 Å². The molecule has 0 unspecified atom stereocenters. The highest BCUT2D eigenvalue weighted by molar-refractivity contribution is 5.67. The lowest BCUT2D eigenvalue weighted by Gasteiger charge is -2.31. The van der Waals surface area contributed by atoms with Crippen molar-refractivity contribution in [1.29, 1.82) is 0 Å². The first-order chi connectivity index (χ1) is 9.22. The van der Waals surface area contributed by atoms with Crippen LogP contribution in [-0.2, 0) is 11.2 Å². The molecule has 0 spiro atoms. The molecule has 1 aromatic rings. The van der Waals surface area contributed by atoms with Crippen LogP contribution < -0.4 is 4.74 Å². The molecule has 1 aliphatic heterocycles. The van der Waals surface area contributed by atoms with Crippen LogP contribution in [0.3, 0.4) is 0 Å². The molecule has 0 bridgehead atoms. The molecule has 0 N–H and O–H groups in total. The molecule has 1 saturated heterocycles. The second kappa shape index (κ2) is 6.45. The Balaban J connectivity index is 1.86. The van der Waals surface area contributed by atoms with E-state index in [1.54, 1.807) is 4.90 Å². The van der Waals surface area contributed by atoms with E-state index >= 15 is 0 Å². The van der Waals surface area contributed by atoms with Gasteiger partial charge in [-0.25, -0.2) is 4.79 Å². The van der Waals surface area contributed by atoms with Gasteiger partial charge < -0.3 is 14.4 Å². The van der Waals surface area contributed by atoms with Gasteiger partial charge in [0.25, 0.3) is 0 Å². The highest BCUT2D eigenvalue weighted by Crippen LogP contribution is 2.20. The fraction of sp³-hybridized carbons (Fsp3) is 0.533. The van der Waals surface area contributed by atoms with E-state index in [1.807, 2.05) is 12.1 Å². The van der Waals surface area contributed by atoms with Crippen LogP contribution in [0.2, 0.25) is 0 Å². The number of hydrogen-bond donors (Lipinski definition) is 0. The molecule has 1 amide bonds. The van der Waals surface area contributed by atoms with Crippen molar-refractivity contribution < 1.29 is 14.3 Å². The van der Waals surface area contributed by atoms with Gasteiger partial charge in [0, 0.05) is 25.9 Å². The van der Waals surface area contributed by atoms with Crippen LogP contribution in [0.4, 0.5) is 4.79 Å². The van der Waals surface area contributed by atoms with Crippen LogP contribution in [0.1, 0.15) is 25.3 Å². The summed E-state index contributed by atoms with van der Waals surface area (Å²) in [5, 5.41) is 0. The Labute approximate surface area is 114 Å². The van der Waals surface area contributed by atoms with E-state index in [4.69, 9.17) is 9.47 Å². The molecular formula is C15H21NO3. The quantitative estimate of drug-likeness (QED) is 0.841. The molecule has 4 nitrogen and oxygen atoms in total. The van der Waals surface area contributed by atoms with Crippen LogP contribution in [0, 0.1) is 0 Å². The number of benzene rings is 1. The lowest BCUT2D eigenvalue weighted by molar-refractivity contribution is 0.0791. The van der Waals surface area contributed by atoms with Crippen molar-refractivity contribution in [2.45, 2.75) is 32.3 Å². The zero-order valence-electron chi connectivity index (χ0n) is 11.6. The number of methoxy groups -OCH3 is 1. The van der Waals surface area contributed by atoms with Crippen molar-refractivity contribution in [3.63, 3.8) is 0 Å². The van der Waals surface area contributed by atoms with Gasteiger partial charge >= 0.3 is 6.09 Å². The normalized spacial score (nSPS) is 16.2. The lowest BCUT2D eigenvalue weighted by Crippen LogP contribution is -2.41. The molecule has 1 heterocycles. The summed E-state index contributed by atoms with van der Waals surface area (Å²) in [7, 11) is 1.42. The minimum absolute atomic E-state index is 0.188. The molecule has 104 valence electrons. The number of carbonyl (C=O) groups is 1. The number of hydrogen-bond acceptors (Lipinski definition) is 3. The predicted molar refractivity (Wildman–Crippen MR) is 73.4 cm³/mol. The minimum Gasteiger partial charge on any atom is -0.490 e. The summed E-state index contributed by atoms with van der Waals surface area (Å²) in [6.07, 6.45) is 2.66. The van der Waals surface area contributed by atoms with Gasteiger partial charge in [-0.3, -0.25) is 0 Å². The highest BCUT2D eigenvalue weighted by Gasteiger charge is 2.24. The molecule has 2 rings (SSSR count). The second-order valence-corrected chi connectivity index (χ2v) is 4.78. The maximum Gasteiger partial charge on any atom is 0.409 e. The van der Waals surface area contributed by atoms with Crippen LogP contribution in [0.25, 0.3) is 0 Å². The summed E-state index contributed by atoms with van der Waals surface area (Å²) < 4.78 is 10.7. The van der Waals surface area contributed by atoms with Crippen molar-refractivity contribution in [3.05, 3.63) is 29.8 Å². The third-order valence-electron chi connectivity index (χ3n) is 3.48. The first-order valence-electron chi connectivity index (χ1n) is 6.81. The molecule has 0 radical (unpaired) electrons. The molecular weight excluding hydrogens is 242 g/mol. The third kappa shape index (κ3) is 3.63. The summed E-state index contributed by atoms with van der Waals surface area (Å²) in [4.78, 5) is 13.1. The minimum atomic E-state index is -0.244. The first-order valence-corrected chi connectivity index (χ1v) is 6.81. The van der Waals surface area contributed by atoms with E-state index in [0.717, 1.165) is 25.0 Å². The van der Waals surface area contributed by atoms with Crippen molar-refractivity contribution >= 4 is 6.09 Å². The Bertz CT molecular complexity index is 425. The molecule has 19 heavy (non-hydrogen) atoms. The fourth-order valence-corrected chi connectivity index (χ4v) is 2.32. The van der Waals surface area contributed by atoms with Gasteiger partial charge in [0.15, 0.2) is 0 Å². The van der Waals surface area contributed by atoms with Crippen LogP contribution in [0.5, 0.6) is 5.75 Å². The molecule has 1 aliphatic rings. The monoisotopic (exact) mass is 263 g/mol. The van der Waals surface area contributed by atoms with E-state index < -0.39 is 0 Å².